The summed E-state index contributed by atoms with van der Waals surface area (Å²) < 4.78 is 38.0. The molecule has 0 saturated heterocycles. The number of nitrogens with zero attached hydrogens (tertiary/aromatic N) is 1. The zero-order chi connectivity index (χ0) is 26.9. The number of rotatable bonds is 11. The number of benzene rings is 2. The fraction of sp³-hybridized carbons (Fsp3) is 0.296. The summed E-state index contributed by atoms with van der Waals surface area (Å²) in [5.74, 6) is 0.187. The van der Waals surface area contributed by atoms with Crippen LogP contribution in [0.15, 0.2) is 65.6 Å². The Morgan fingerprint density at radius 3 is 2.47 bits per heavy atom. The summed E-state index contributed by atoms with van der Waals surface area (Å²) in [7, 11) is -3.94. The van der Waals surface area contributed by atoms with E-state index in [0.29, 0.717) is 28.5 Å². The first-order valence-electron chi connectivity index (χ1n) is 12.1. The third-order valence-corrected chi connectivity index (χ3v) is 8.18. The van der Waals surface area contributed by atoms with Gasteiger partial charge < -0.3 is 19.7 Å². The largest absolute Gasteiger partial charge is 0.481 e. The molecule has 0 amide bonds. The summed E-state index contributed by atoms with van der Waals surface area (Å²) in [6.07, 6.45) is -0.206. The van der Waals surface area contributed by atoms with Crippen LogP contribution >= 0.6 is 0 Å². The first-order chi connectivity index (χ1) is 18.2. The number of pyridine rings is 1. The highest BCUT2D eigenvalue weighted by Gasteiger charge is 2.51. The van der Waals surface area contributed by atoms with Crippen molar-refractivity contribution < 1.29 is 37.7 Å². The first kappa shape index (κ1) is 25.8. The van der Waals surface area contributed by atoms with Crippen molar-refractivity contribution in [1.29, 1.82) is 0 Å². The maximum absolute atomic E-state index is 13.3. The van der Waals surface area contributed by atoms with Crippen LogP contribution in [0.1, 0.15) is 30.5 Å². The molecular formula is C27H26N2O8S. The van der Waals surface area contributed by atoms with Gasteiger partial charge in [-0.1, -0.05) is 24.3 Å². The van der Waals surface area contributed by atoms with E-state index in [0.717, 1.165) is 18.4 Å². The van der Waals surface area contributed by atoms with Crippen LogP contribution in [0.5, 0.6) is 11.5 Å². The molecule has 3 aromatic rings. The van der Waals surface area contributed by atoms with E-state index in [2.05, 4.69) is 9.71 Å². The Kier molecular flexibility index (Phi) is 6.91. The van der Waals surface area contributed by atoms with Gasteiger partial charge in [-0.2, -0.15) is 0 Å². The molecule has 0 radical (unpaired) electrons. The number of aromatic nitrogens is 1. The lowest BCUT2D eigenvalue weighted by molar-refractivity contribution is -0.139. The van der Waals surface area contributed by atoms with Gasteiger partial charge >= 0.3 is 5.97 Å². The van der Waals surface area contributed by atoms with Crippen LogP contribution in [0.3, 0.4) is 0 Å². The number of ether oxygens (including phenoxy) is 2. The number of Topliss-reactive ketones (excluding diaryl/α,β-unsaturated/α-hetero) is 1. The lowest BCUT2D eigenvalue weighted by atomic mass is 9.88. The molecule has 1 aliphatic heterocycles. The fourth-order valence-electron chi connectivity index (χ4n) is 4.49. The summed E-state index contributed by atoms with van der Waals surface area (Å²) in [5.41, 5.74) is 2.26. The highest BCUT2D eigenvalue weighted by Crippen LogP contribution is 2.51. The Labute approximate surface area is 219 Å². The minimum absolute atomic E-state index is 0.0329. The fourth-order valence-corrected chi connectivity index (χ4v) is 5.56. The van der Waals surface area contributed by atoms with E-state index >= 15 is 0 Å². The predicted octanol–water partition coefficient (Wildman–Crippen LogP) is 2.43. The molecule has 38 heavy (non-hydrogen) atoms. The number of ketones is 1. The smallest absolute Gasteiger partial charge is 0.306 e. The zero-order valence-corrected chi connectivity index (χ0v) is 21.1. The van der Waals surface area contributed by atoms with E-state index in [9.17, 15) is 23.1 Å². The third kappa shape index (κ3) is 5.40. The third-order valence-electron chi connectivity index (χ3n) is 6.74. The van der Waals surface area contributed by atoms with Crippen molar-refractivity contribution in [2.45, 2.75) is 42.1 Å². The van der Waals surface area contributed by atoms with Gasteiger partial charge in [0.05, 0.1) is 28.5 Å². The molecule has 1 atom stereocenters. The van der Waals surface area contributed by atoms with Crippen LogP contribution in [-0.4, -0.2) is 54.8 Å². The Hall–Kier alpha value is -3.80. The lowest BCUT2D eigenvalue weighted by Gasteiger charge is -2.15. The van der Waals surface area contributed by atoms with E-state index < -0.39 is 40.5 Å². The number of carbonyl (C=O) groups excluding carboxylic acids is 1. The van der Waals surface area contributed by atoms with Gasteiger partial charge in [-0.15, -0.1) is 0 Å². The Morgan fingerprint density at radius 1 is 1.03 bits per heavy atom. The van der Waals surface area contributed by atoms with Crippen LogP contribution in [0.2, 0.25) is 0 Å². The Balaban J connectivity index is 1.26. The van der Waals surface area contributed by atoms with Crippen LogP contribution in [0, 0.1) is 0 Å². The minimum Gasteiger partial charge on any atom is -0.481 e. The van der Waals surface area contributed by atoms with Gasteiger partial charge in [-0.25, -0.2) is 13.1 Å². The number of nitrogens with one attached hydrogen (secondary N) is 1. The monoisotopic (exact) mass is 538 g/mol. The summed E-state index contributed by atoms with van der Waals surface area (Å²) in [4.78, 5) is 28.6. The average molecular weight is 539 g/mol. The molecule has 0 spiro atoms. The Bertz CT molecular complexity index is 1480. The van der Waals surface area contributed by atoms with Gasteiger partial charge in [0.15, 0.2) is 11.5 Å². The number of hydrogen-bond acceptors (Lipinski definition) is 8. The second-order valence-corrected chi connectivity index (χ2v) is 11.2. The topological polar surface area (TPSA) is 152 Å². The molecule has 5 rings (SSSR count). The molecule has 11 heteroatoms. The second-order valence-electron chi connectivity index (χ2n) is 9.39. The average Bonchev–Trinajstić information content (AvgIpc) is 3.58. The summed E-state index contributed by atoms with van der Waals surface area (Å²) >= 11 is 0. The van der Waals surface area contributed by atoms with Crippen molar-refractivity contribution in [2.24, 2.45) is 0 Å². The number of fused-ring (bicyclic) bond motifs is 1. The maximum atomic E-state index is 13.3. The van der Waals surface area contributed by atoms with Crippen molar-refractivity contribution >= 4 is 21.8 Å². The molecule has 1 aliphatic carbocycles. The molecule has 2 heterocycles. The lowest BCUT2D eigenvalue weighted by Crippen LogP contribution is -2.33. The van der Waals surface area contributed by atoms with Crippen molar-refractivity contribution in [3.05, 3.63) is 71.9 Å². The van der Waals surface area contributed by atoms with Crippen molar-refractivity contribution in [3.63, 3.8) is 0 Å². The maximum Gasteiger partial charge on any atom is 0.306 e. The number of aliphatic carboxylic acids is 1. The zero-order valence-electron chi connectivity index (χ0n) is 20.3. The van der Waals surface area contributed by atoms with Crippen LogP contribution in [0.4, 0.5) is 0 Å². The van der Waals surface area contributed by atoms with Gasteiger partial charge in [-0.3, -0.25) is 14.6 Å². The first-order valence-corrected chi connectivity index (χ1v) is 13.5. The molecule has 198 valence electrons. The quantitative estimate of drug-likeness (QED) is 0.334. The second kappa shape index (κ2) is 10.2. The summed E-state index contributed by atoms with van der Waals surface area (Å²) in [6, 6.07) is 17.0. The minimum atomic E-state index is -3.94. The molecule has 10 nitrogen and oxygen atoms in total. The highest BCUT2D eigenvalue weighted by molar-refractivity contribution is 7.89. The Morgan fingerprint density at radius 2 is 1.76 bits per heavy atom. The number of aliphatic hydroxyl groups excluding tert-OH is 1. The van der Waals surface area contributed by atoms with E-state index in [1.807, 2.05) is 18.2 Å². The van der Waals surface area contributed by atoms with Crippen molar-refractivity contribution in [2.75, 3.05) is 13.3 Å². The van der Waals surface area contributed by atoms with Gasteiger partial charge in [0.1, 0.15) is 5.78 Å². The van der Waals surface area contributed by atoms with Gasteiger partial charge in [0, 0.05) is 24.2 Å². The van der Waals surface area contributed by atoms with Crippen molar-refractivity contribution in [3.8, 4) is 22.8 Å². The molecule has 2 aromatic carbocycles. The number of aliphatic hydroxyl groups is 1. The molecule has 1 aromatic heterocycles. The van der Waals surface area contributed by atoms with E-state index in [1.165, 1.54) is 12.1 Å². The SMILES string of the molecule is O=C(O)CC(O)CNS(=O)(=O)c1ccc(-c2cccc(CC(=O)C3(c4ccc5c(c4)OCO5)CC3)n2)cc1. The van der Waals surface area contributed by atoms with Crippen LogP contribution < -0.4 is 14.2 Å². The molecule has 1 fully saturated rings. The van der Waals surface area contributed by atoms with Crippen molar-refractivity contribution in [1.82, 2.24) is 9.71 Å². The molecule has 2 aliphatic rings. The van der Waals surface area contributed by atoms with Crippen LogP contribution in [-0.2, 0) is 31.4 Å². The van der Waals surface area contributed by atoms with E-state index in [1.54, 1.807) is 30.3 Å². The standard InChI is InChI=1S/C27H26N2O8S/c30-20(14-26(32)33)15-28-38(34,35)21-7-4-17(5-8-21)22-3-1-2-19(29-22)13-25(31)27(10-11-27)18-6-9-23-24(12-18)37-16-36-23/h1-9,12,20,28,30H,10-11,13-16H2,(H,32,33). The molecule has 3 N–H and O–H groups in total. The molecular weight excluding hydrogens is 512 g/mol. The van der Waals surface area contributed by atoms with Crippen LogP contribution in [0.25, 0.3) is 11.3 Å². The van der Waals surface area contributed by atoms with E-state index in [4.69, 9.17) is 14.6 Å². The molecule has 1 unspecified atom stereocenters. The number of sulfonamides is 1. The van der Waals surface area contributed by atoms with E-state index in [-0.39, 0.29) is 23.9 Å². The number of carbonyl (C=O) groups is 2. The molecule has 1 saturated carbocycles. The number of carboxylic acid groups (broad SMARTS) is 1. The number of hydrogen-bond donors (Lipinski definition) is 3. The molecule has 0 bridgehead atoms. The van der Waals surface area contributed by atoms with Gasteiger partial charge in [0.25, 0.3) is 0 Å². The van der Waals surface area contributed by atoms with Gasteiger partial charge in [-0.05, 0) is 54.8 Å². The number of carboxylic acids is 1. The van der Waals surface area contributed by atoms with Gasteiger partial charge in [0.2, 0.25) is 16.8 Å². The summed E-state index contributed by atoms with van der Waals surface area (Å²) in [6.45, 7) is -0.239. The normalized spacial score (nSPS) is 16.1. The highest BCUT2D eigenvalue weighted by atomic mass is 32.2. The predicted molar refractivity (Wildman–Crippen MR) is 135 cm³/mol. The summed E-state index contributed by atoms with van der Waals surface area (Å²) in [5, 5.41) is 18.3.